The van der Waals surface area contributed by atoms with E-state index in [2.05, 4.69) is 0 Å². The highest BCUT2D eigenvalue weighted by Crippen LogP contribution is 2.67. The SMILES string of the molecule is CCCC(Cc1ccc2c(c1O)C(O)=C1C(=O)[C@@]3(O)C(O)=C(C(C)=O)C(=O)C(C(C)C)[C@@]3(C)[C@H](O)[C@@]1(C)[C@@H]2C)C(=O)OCC. The van der Waals surface area contributed by atoms with Crippen molar-refractivity contribution in [2.45, 2.75) is 92.3 Å². The first-order valence-electron chi connectivity index (χ1n) is 15.3. The van der Waals surface area contributed by atoms with Crippen molar-refractivity contribution in [3.05, 3.63) is 45.7 Å². The maximum Gasteiger partial charge on any atom is 0.309 e. The summed E-state index contributed by atoms with van der Waals surface area (Å²) in [7, 11) is 0. The Morgan fingerprint density at radius 1 is 1.07 bits per heavy atom. The summed E-state index contributed by atoms with van der Waals surface area (Å²) in [6, 6.07) is 3.30. The molecule has 240 valence electrons. The number of rotatable bonds is 8. The number of aliphatic hydroxyl groups excluding tert-OH is 3. The molecule has 0 heterocycles. The van der Waals surface area contributed by atoms with E-state index >= 15 is 0 Å². The lowest BCUT2D eigenvalue weighted by Gasteiger charge is -2.63. The number of esters is 1. The molecule has 1 aromatic carbocycles. The standard InChI is InChI=1S/C34H44O10/c1-9-11-19(30(41)44-10-2)14-18-12-13-20-16(5)32(7)24(27(38)22(20)25(18)36)29(40)34(43)28(39)21(17(6)35)26(37)23(15(3)4)33(34,8)31(32)42/h12-13,15-16,19,23,31,36,38-39,42-43H,9-11,14H2,1-8H3/t16-,19?,23?,31-,32+,33+,34+/m1/s1. The number of hydrogen-bond donors (Lipinski definition) is 5. The lowest BCUT2D eigenvalue weighted by molar-refractivity contribution is -0.215. The van der Waals surface area contributed by atoms with E-state index in [9.17, 15) is 44.7 Å². The summed E-state index contributed by atoms with van der Waals surface area (Å²) in [6.45, 7) is 12.8. The Kier molecular flexibility index (Phi) is 8.45. The van der Waals surface area contributed by atoms with Crippen LogP contribution in [0.5, 0.6) is 5.75 Å². The van der Waals surface area contributed by atoms with Gasteiger partial charge in [0.05, 0.1) is 29.8 Å². The monoisotopic (exact) mass is 612 g/mol. The number of fused-ring (bicyclic) bond motifs is 3. The number of phenolic OH excluding ortho intramolecular Hbond substituents is 1. The molecule has 3 aliphatic carbocycles. The number of carbonyl (C=O) groups is 4. The van der Waals surface area contributed by atoms with E-state index in [1.807, 2.05) is 6.92 Å². The smallest absolute Gasteiger partial charge is 0.309 e. The van der Waals surface area contributed by atoms with Crippen LogP contribution in [0.15, 0.2) is 29.0 Å². The van der Waals surface area contributed by atoms with Crippen LogP contribution >= 0.6 is 0 Å². The zero-order valence-electron chi connectivity index (χ0n) is 26.6. The van der Waals surface area contributed by atoms with Gasteiger partial charge in [-0.3, -0.25) is 19.2 Å². The number of aromatic hydroxyl groups is 1. The van der Waals surface area contributed by atoms with Crippen molar-refractivity contribution < 1.29 is 49.4 Å². The average Bonchev–Trinajstić information content (AvgIpc) is 2.94. The molecule has 0 saturated heterocycles. The summed E-state index contributed by atoms with van der Waals surface area (Å²) in [5, 5.41) is 59.2. The highest BCUT2D eigenvalue weighted by molar-refractivity contribution is 6.24. The van der Waals surface area contributed by atoms with Crippen molar-refractivity contribution >= 4 is 29.1 Å². The van der Waals surface area contributed by atoms with Gasteiger partial charge < -0.3 is 30.3 Å². The third kappa shape index (κ3) is 4.13. The van der Waals surface area contributed by atoms with E-state index in [4.69, 9.17) is 4.74 Å². The van der Waals surface area contributed by atoms with E-state index in [0.29, 0.717) is 24.0 Å². The molecule has 1 fully saturated rings. The lowest BCUT2D eigenvalue weighted by Crippen LogP contribution is -2.75. The summed E-state index contributed by atoms with van der Waals surface area (Å²) < 4.78 is 5.21. The van der Waals surface area contributed by atoms with Crippen LogP contribution in [0.2, 0.25) is 0 Å². The first kappa shape index (κ1) is 33.4. The molecule has 10 nitrogen and oxygen atoms in total. The van der Waals surface area contributed by atoms with Crippen LogP contribution in [-0.2, 0) is 30.3 Å². The Bertz CT molecular complexity index is 1500. The Labute approximate surface area is 257 Å². The van der Waals surface area contributed by atoms with E-state index in [1.54, 1.807) is 46.8 Å². The van der Waals surface area contributed by atoms with Gasteiger partial charge in [-0.1, -0.05) is 60.1 Å². The molecular weight excluding hydrogens is 568 g/mol. The topological polar surface area (TPSA) is 179 Å². The molecule has 0 radical (unpaired) electrons. The molecule has 2 unspecified atom stereocenters. The summed E-state index contributed by atoms with van der Waals surface area (Å²) in [5.74, 6) is -8.56. The van der Waals surface area contributed by atoms with Crippen molar-refractivity contribution in [1.29, 1.82) is 0 Å². The van der Waals surface area contributed by atoms with Crippen molar-refractivity contribution in [1.82, 2.24) is 0 Å². The van der Waals surface area contributed by atoms with E-state index in [-0.39, 0.29) is 24.3 Å². The fraction of sp³-hybridized carbons (Fsp3) is 0.588. The molecule has 3 aliphatic rings. The number of carbonyl (C=O) groups excluding carboxylic acids is 4. The molecule has 1 aromatic rings. The second-order valence-corrected chi connectivity index (χ2v) is 13.3. The maximum absolute atomic E-state index is 14.6. The molecule has 0 aliphatic heterocycles. The Morgan fingerprint density at radius 3 is 2.20 bits per heavy atom. The zero-order valence-corrected chi connectivity index (χ0v) is 26.6. The first-order chi connectivity index (χ1) is 20.4. The number of benzene rings is 1. The highest BCUT2D eigenvalue weighted by atomic mass is 16.5. The average molecular weight is 613 g/mol. The van der Waals surface area contributed by atoms with Gasteiger partial charge in [-0.2, -0.15) is 0 Å². The Hall–Kier alpha value is -3.50. The molecule has 7 atom stereocenters. The quantitative estimate of drug-likeness (QED) is 0.211. The van der Waals surface area contributed by atoms with Gasteiger partial charge in [-0.15, -0.1) is 0 Å². The Morgan fingerprint density at radius 2 is 1.68 bits per heavy atom. The number of ketones is 3. The van der Waals surface area contributed by atoms with Crippen LogP contribution in [0.1, 0.15) is 90.8 Å². The molecule has 44 heavy (non-hydrogen) atoms. The van der Waals surface area contributed by atoms with E-state index in [1.165, 1.54) is 6.92 Å². The molecule has 0 bridgehead atoms. The third-order valence-electron chi connectivity index (χ3n) is 10.6. The highest BCUT2D eigenvalue weighted by Gasteiger charge is 2.77. The second kappa shape index (κ2) is 11.1. The van der Waals surface area contributed by atoms with Crippen molar-refractivity contribution in [2.24, 2.45) is 28.6 Å². The van der Waals surface area contributed by atoms with Gasteiger partial charge in [0.1, 0.15) is 22.8 Å². The number of phenols is 1. The third-order valence-corrected chi connectivity index (χ3v) is 10.6. The van der Waals surface area contributed by atoms with Crippen LogP contribution in [0.25, 0.3) is 5.76 Å². The van der Waals surface area contributed by atoms with Crippen molar-refractivity contribution in [3.63, 3.8) is 0 Å². The largest absolute Gasteiger partial charge is 0.508 e. The minimum absolute atomic E-state index is 0.0862. The minimum atomic E-state index is -2.94. The van der Waals surface area contributed by atoms with Crippen LogP contribution < -0.4 is 0 Å². The second-order valence-electron chi connectivity index (χ2n) is 13.3. The van der Waals surface area contributed by atoms with Gasteiger partial charge in [0.25, 0.3) is 0 Å². The maximum atomic E-state index is 14.6. The van der Waals surface area contributed by atoms with E-state index < -0.39 is 92.2 Å². The van der Waals surface area contributed by atoms with Crippen molar-refractivity contribution in [3.8, 4) is 5.75 Å². The summed E-state index contributed by atoms with van der Waals surface area (Å²) in [6.07, 6.45) is -0.414. The summed E-state index contributed by atoms with van der Waals surface area (Å²) in [4.78, 5) is 53.5. The Balaban J connectivity index is 2.01. The first-order valence-corrected chi connectivity index (χ1v) is 15.3. The van der Waals surface area contributed by atoms with Gasteiger partial charge in [0.15, 0.2) is 17.2 Å². The molecule has 10 heteroatoms. The zero-order chi connectivity index (χ0) is 33.3. The number of allylic oxidation sites excluding steroid dienone is 1. The lowest BCUT2D eigenvalue weighted by atomic mass is 9.40. The molecule has 5 N–H and O–H groups in total. The predicted octanol–water partition coefficient (Wildman–Crippen LogP) is 4.24. The van der Waals surface area contributed by atoms with Crippen molar-refractivity contribution in [2.75, 3.05) is 6.61 Å². The normalized spacial score (nSPS) is 32.3. The van der Waals surface area contributed by atoms with Crippen LogP contribution in [0.4, 0.5) is 0 Å². The number of Topliss-reactive ketones (excluding diaryl/α,β-unsaturated/α-hetero) is 3. The van der Waals surface area contributed by atoms with Crippen LogP contribution in [0, 0.1) is 28.6 Å². The fourth-order valence-corrected chi connectivity index (χ4v) is 8.31. The molecule has 0 spiro atoms. The van der Waals surface area contributed by atoms with Gasteiger partial charge in [-0.25, -0.2) is 0 Å². The molecular formula is C34H44O10. The minimum Gasteiger partial charge on any atom is -0.508 e. The van der Waals surface area contributed by atoms with Gasteiger partial charge in [-0.05, 0) is 49.7 Å². The molecule has 4 rings (SSSR count). The fourth-order valence-electron chi connectivity index (χ4n) is 8.31. The van der Waals surface area contributed by atoms with Gasteiger partial charge in [0.2, 0.25) is 5.78 Å². The number of hydrogen-bond acceptors (Lipinski definition) is 10. The van der Waals surface area contributed by atoms with Crippen LogP contribution in [0.3, 0.4) is 0 Å². The predicted molar refractivity (Wildman–Crippen MR) is 161 cm³/mol. The number of aliphatic hydroxyl groups is 4. The van der Waals surface area contributed by atoms with Gasteiger partial charge >= 0.3 is 5.97 Å². The number of ether oxygens (including phenoxy) is 1. The van der Waals surface area contributed by atoms with Crippen LogP contribution in [-0.4, -0.2) is 67.2 Å². The summed E-state index contributed by atoms with van der Waals surface area (Å²) >= 11 is 0. The van der Waals surface area contributed by atoms with Gasteiger partial charge in [0, 0.05) is 16.7 Å². The molecule has 0 aromatic heterocycles. The van der Waals surface area contributed by atoms with E-state index in [0.717, 1.165) is 6.92 Å². The summed E-state index contributed by atoms with van der Waals surface area (Å²) in [5.41, 5.74) is -7.04. The molecule has 1 saturated carbocycles. The molecule has 0 amide bonds.